The highest BCUT2D eigenvalue weighted by molar-refractivity contribution is 5.81. The molecule has 0 aromatic heterocycles. The highest BCUT2D eigenvalue weighted by atomic mass is 16.2. The molecule has 1 rings (SSSR count). The van der Waals surface area contributed by atoms with Gasteiger partial charge in [-0.25, -0.2) is 0 Å². The summed E-state index contributed by atoms with van der Waals surface area (Å²) < 4.78 is 0. The Balaban J connectivity index is 2.51. The second-order valence-electron chi connectivity index (χ2n) is 6.20. The molecule has 18 heavy (non-hydrogen) atoms. The molecule has 1 heterocycles. The number of amides is 1. The molecule has 1 saturated heterocycles. The number of carbonyl (C=O) groups excluding carboxylic acids is 1. The molecule has 0 bridgehead atoms. The van der Waals surface area contributed by atoms with Crippen LogP contribution in [0.3, 0.4) is 0 Å². The Labute approximate surface area is 113 Å². The number of nitrogens with zero attached hydrogens (tertiary/aromatic N) is 2. The van der Waals surface area contributed by atoms with Gasteiger partial charge in [0.05, 0.1) is 6.04 Å². The van der Waals surface area contributed by atoms with E-state index >= 15 is 0 Å². The Morgan fingerprint density at radius 2 is 1.89 bits per heavy atom. The number of likely N-dealkylation sites (N-methyl/N-ethyl adjacent to an activating group) is 1. The molecule has 0 aromatic rings. The summed E-state index contributed by atoms with van der Waals surface area (Å²) in [6, 6.07) is 0.0223. The monoisotopic (exact) mass is 254 g/mol. The van der Waals surface area contributed by atoms with E-state index in [9.17, 15) is 4.79 Å². The van der Waals surface area contributed by atoms with Gasteiger partial charge >= 0.3 is 0 Å². The Kier molecular flexibility index (Phi) is 6.13. The van der Waals surface area contributed by atoms with Gasteiger partial charge in [0.15, 0.2) is 0 Å². The second-order valence-corrected chi connectivity index (χ2v) is 6.20. The lowest BCUT2D eigenvalue weighted by molar-refractivity contribution is -0.138. The Morgan fingerprint density at radius 1 is 1.33 bits per heavy atom. The number of rotatable bonds is 5. The molecular weight excluding hydrogens is 224 g/mol. The van der Waals surface area contributed by atoms with Crippen LogP contribution < -0.4 is 0 Å². The molecule has 0 spiro atoms. The SMILES string of the molecule is CCCCN(C)C(C)C(=O)N1CC(C)CC(C)C1. The minimum Gasteiger partial charge on any atom is -0.341 e. The van der Waals surface area contributed by atoms with Crippen molar-refractivity contribution >= 4 is 5.91 Å². The highest BCUT2D eigenvalue weighted by Crippen LogP contribution is 2.22. The zero-order chi connectivity index (χ0) is 13.7. The topological polar surface area (TPSA) is 23.6 Å². The maximum atomic E-state index is 12.5. The molecule has 1 fully saturated rings. The first-order chi connectivity index (χ1) is 8.45. The first kappa shape index (κ1) is 15.5. The lowest BCUT2D eigenvalue weighted by Crippen LogP contribution is -2.50. The summed E-state index contributed by atoms with van der Waals surface area (Å²) in [6.45, 7) is 11.6. The third kappa shape index (κ3) is 4.27. The average molecular weight is 254 g/mol. The summed E-state index contributed by atoms with van der Waals surface area (Å²) in [7, 11) is 2.06. The van der Waals surface area contributed by atoms with Crippen molar-refractivity contribution in [2.24, 2.45) is 11.8 Å². The van der Waals surface area contributed by atoms with Gasteiger partial charge in [0.25, 0.3) is 0 Å². The van der Waals surface area contributed by atoms with Gasteiger partial charge < -0.3 is 4.90 Å². The predicted molar refractivity (Wildman–Crippen MR) is 76.5 cm³/mol. The molecular formula is C15H30N2O. The molecule has 1 aliphatic heterocycles. The van der Waals surface area contributed by atoms with Gasteiger partial charge in [-0.2, -0.15) is 0 Å². The van der Waals surface area contributed by atoms with Crippen LogP contribution in [0.15, 0.2) is 0 Å². The Bertz CT molecular complexity index is 257. The zero-order valence-corrected chi connectivity index (χ0v) is 12.8. The van der Waals surface area contributed by atoms with E-state index in [4.69, 9.17) is 0 Å². The van der Waals surface area contributed by atoms with Crippen molar-refractivity contribution in [2.45, 2.75) is 53.0 Å². The van der Waals surface area contributed by atoms with Crippen LogP contribution in [0.1, 0.15) is 47.0 Å². The van der Waals surface area contributed by atoms with Crippen LogP contribution in [0.25, 0.3) is 0 Å². The molecule has 0 saturated carbocycles. The minimum absolute atomic E-state index is 0.0223. The summed E-state index contributed by atoms with van der Waals surface area (Å²) in [5.74, 6) is 1.60. The van der Waals surface area contributed by atoms with E-state index in [1.165, 1.54) is 19.3 Å². The van der Waals surface area contributed by atoms with Crippen LogP contribution in [0, 0.1) is 11.8 Å². The standard InChI is InChI=1S/C15H30N2O/c1-6-7-8-16(5)14(4)15(18)17-10-12(2)9-13(3)11-17/h12-14H,6-11H2,1-5H3. The van der Waals surface area contributed by atoms with Crippen LogP contribution >= 0.6 is 0 Å². The van der Waals surface area contributed by atoms with Crippen molar-refractivity contribution < 1.29 is 4.79 Å². The van der Waals surface area contributed by atoms with E-state index in [1.54, 1.807) is 0 Å². The average Bonchev–Trinajstić information content (AvgIpc) is 2.32. The van der Waals surface area contributed by atoms with E-state index in [0.717, 1.165) is 19.6 Å². The second kappa shape index (κ2) is 7.13. The third-order valence-corrected chi connectivity index (χ3v) is 4.06. The van der Waals surface area contributed by atoms with Crippen LogP contribution in [-0.2, 0) is 4.79 Å². The summed E-state index contributed by atoms with van der Waals surface area (Å²) in [5, 5.41) is 0. The van der Waals surface area contributed by atoms with Gasteiger partial charge in [-0.3, -0.25) is 9.69 Å². The molecule has 3 unspecified atom stereocenters. The molecule has 0 aromatic carbocycles. The largest absolute Gasteiger partial charge is 0.341 e. The maximum absolute atomic E-state index is 12.5. The zero-order valence-electron chi connectivity index (χ0n) is 12.8. The van der Waals surface area contributed by atoms with E-state index in [-0.39, 0.29) is 6.04 Å². The third-order valence-electron chi connectivity index (χ3n) is 4.06. The van der Waals surface area contributed by atoms with Crippen LogP contribution in [0.5, 0.6) is 0 Å². The number of unbranched alkanes of at least 4 members (excludes halogenated alkanes) is 1. The lowest BCUT2D eigenvalue weighted by Gasteiger charge is -2.38. The minimum atomic E-state index is 0.0223. The highest BCUT2D eigenvalue weighted by Gasteiger charge is 2.29. The van der Waals surface area contributed by atoms with Crippen molar-refractivity contribution in [2.75, 3.05) is 26.7 Å². The number of hydrogen-bond acceptors (Lipinski definition) is 2. The smallest absolute Gasteiger partial charge is 0.239 e. The van der Waals surface area contributed by atoms with Gasteiger partial charge in [-0.1, -0.05) is 27.2 Å². The first-order valence-electron chi connectivity index (χ1n) is 7.44. The van der Waals surface area contributed by atoms with E-state index in [2.05, 4.69) is 37.6 Å². The number of likely N-dealkylation sites (tertiary alicyclic amines) is 1. The van der Waals surface area contributed by atoms with Crippen molar-refractivity contribution in [3.8, 4) is 0 Å². The predicted octanol–water partition coefficient (Wildman–Crippen LogP) is 2.61. The van der Waals surface area contributed by atoms with Gasteiger partial charge in [-0.05, 0) is 45.2 Å². The van der Waals surface area contributed by atoms with Crippen LogP contribution in [0.2, 0.25) is 0 Å². The van der Waals surface area contributed by atoms with Gasteiger partial charge in [0.2, 0.25) is 5.91 Å². The molecule has 0 N–H and O–H groups in total. The van der Waals surface area contributed by atoms with Crippen molar-refractivity contribution in [1.29, 1.82) is 0 Å². The summed E-state index contributed by atoms with van der Waals surface area (Å²) in [4.78, 5) is 16.7. The number of hydrogen-bond donors (Lipinski definition) is 0. The fraction of sp³-hybridized carbons (Fsp3) is 0.933. The molecule has 3 atom stereocenters. The fourth-order valence-corrected chi connectivity index (χ4v) is 2.90. The van der Waals surface area contributed by atoms with Crippen LogP contribution in [0.4, 0.5) is 0 Å². The van der Waals surface area contributed by atoms with Crippen LogP contribution in [-0.4, -0.2) is 48.4 Å². The van der Waals surface area contributed by atoms with Crippen molar-refractivity contribution in [1.82, 2.24) is 9.80 Å². The van der Waals surface area contributed by atoms with E-state index < -0.39 is 0 Å². The molecule has 0 aliphatic carbocycles. The van der Waals surface area contributed by atoms with Crippen molar-refractivity contribution in [3.63, 3.8) is 0 Å². The fourth-order valence-electron chi connectivity index (χ4n) is 2.90. The van der Waals surface area contributed by atoms with Crippen molar-refractivity contribution in [3.05, 3.63) is 0 Å². The lowest BCUT2D eigenvalue weighted by atomic mass is 9.91. The summed E-state index contributed by atoms with van der Waals surface area (Å²) in [5.41, 5.74) is 0. The first-order valence-corrected chi connectivity index (χ1v) is 7.44. The van der Waals surface area contributed by atoms with E-state index in [0.29, 0.717) is 17.7 Å². The van der Waals surface area contributed by atoms with Gasteiger partial charge in [0.1, 0.15) is 0 Å². The summed E-state index contributed by atoms with van der Waals surface area (Å²) >= 11 is 0. The normalized spacial score (nSPS) is 26.4. The van der Waals surface area contributed by atoms with Gasteiger partial charge in [-0.15, -0.1) is 0 Å². The molecule has 0 radical (unpaired) electrons. The summed E-state index contributed by atoms with van der Waals surface area (Å²) in [6.07, 6.45) is 3.60. The Hall–Kier alpha value is -0.570. The number of carbonyl (C=O) groups is 1. The molecule has 3 nitrogen and oxygen atoms in total. The molecule has 1 amide bonds. The van der Waals surface area contributed by atoms with Gasteiger partial charge in [0, 0.05) is 13.1 Å². The quantitative estimate of drug-likeness (QED) is 0.753. The molecule has 3 heteroatoms. The van der Waals surface area contributed by atoms with E-state index in [1.807, 2.05) is 6.92 Å². The number of piperidine rings is 1. The Morgan fingerprint density at radius 3 is 2.39 bits per heavy atom. The maximum Gasteiger partial charge on any atom is 0.239 e. The molecule has 106 valence electrons. The molecule has 1 aliphatic rings.